The van der Waals surface area contributed by atoms with E-state index in [1.54, 1.807) is 0 Å². The molecule has 0 bridgehead atoms. The quantitative estimate of drug-likeness (QED) is 0.672. The van der Waals surface area contributed by atoms with Gasteiger partial charge in [-0.3, -0.25) is 4.79 Å². The third-order valence-corrected chi connectivity index (χ3v) is 4.12. The van der Waals surface area contributed by atoms with E-state index in [-0.39, 0.29) is 0 Å². The largest absolute Gasteiger partial charge is 0.352 e. The molecule has 2 unspecified atom stereocenters. The lowest BCUT2D eigenvalue weighted by atomic mass is 10.1. The van der Waals surface area contributed by atoms with Gasteiger partial charge in [0, 0.05) is 18.5 Å². The Morgan fingerprint density at radius 3 is 2.64 bits per heavy atom. The Balaban J connectivity index is 1.51. The van der Waals surface area contributed by atoms with Crippen LogP contribution in [0, 0.1) is 17.8 Å². The van der Waals surface area contributed by atoms with E-state index in [1.807, 2.05) is 0 Å². The maximum atomic E-state index is 11.8. The van der Waals surface area contributed by atoms with Crippen molar-refractivity contribution in [2.24, 2.45) is 17.8 Å². The molecule has 14 heavy (non-hydrogen) atoms. The van der Waals surface area contributed by atoms with Crippen LogP contribution in [0.15, 0.2) is 0 Å². The van der Waals surface area contributed by atoms with Crippen molar-refractivity contribution in [3.63, 3.8) is 0 Å². The molecule has 0 spiro atoms. The van der Waals surface area contributed by atoms with Crippen LogP contribution in [0.5, 0.6) is 0 Å². The molecule has 3 rings (SSSR count). The molecular formula is C11H18N2O. The first-order valence-corrected chi connectivity index (χ1v) is 5.87. The predicted octanol–water partition coefficient (Wildman–Crippen LogP) is 0.511. The molecule has 0 aromatic rings. The number of hydrogen-bond acceptors (Lipinski definition) is 2. The molecule has 3 heteroatoms. The molecule has 2 N–H and O–H groups in total. The van der Waals surface area contributed by atoms with Crippen LogP contribution in [0.25, 0.3) is 0 Å². The van der Waals surface area contributed by atoms with Crippen molar-refractivity contribution in [1.82, 2.24) is 10.6 Å². The van der Waals surface area contributed by atoms with Gasteiger partial charge < -0.3 is 10.6 Å². The minimum atomic E-state index is 0.341. The number of amides is 1. The van der Waals surface area contributed by atoms with Gasteiger partial charge in [0.05, 0.1) is 0 Å². The van der Waals surface area contributed by atoms with Gasteiger partial charge in [-0.1, -0.05) is 6.42 Å². The molecule has 3 fully saturated rings. The zero-order valence-corrected chi connectivity index (χ0v) is 8.46. The summed E-state index contributed by atoms with van der Waals surface area (Å²) in [6, 6.07) is 0.406. The molecule has 78 valence electrons. The van der Waals surface area contributed by atoms with Gasteiger partial charge in [-0.25, -0.2) is 0 Å². The van der Waals surface area contributed by atoms with Gasteiger partial charge >= 0.3 is 0 Å². The van der Waals surface area contributed by atoms with Crippen LogP contribution < -0.4 is 10.6 Å². The SMILES string of the molecule is O=C(N[C@H]1CCNC1)C1C2CCCC21. The van der Waals surface area contributed by atoms with Crippen molar-refractivity contribution in [1.29, 1.82) is 0 Å². The molecule has 0 radical (unpaired) electrons. The number of rotatable bonds is 2. The summed E-state index contributed by atoms with van der Waals surface area (Å²) in [5.74, 6) is 2.24. The van der Waals surface area contributed by atoms with Crippen molar-refractivity contribution >= 4 is 5.91 Å². The number of nitrogens with one attached hydrogen (secondary N) is 2. The van der Waals surface area contributed by atoms with E-state index in [0.29, 0.717) is 17.9 Å². The summed E-state index contributed by atoms with van der Waals surface area (Å²) in [5, 5.41) is 6.44. The fraction of sp³-hybridized carbons (Fsp3) is 0.909. The molecule has 1 saturated heterocycles. The van der Waals surface area contributed by atoms with Gasteiger partial charge in [0.15, 0.2) is 0 Å². The lowest BCUT2D eigenvalue weighted by Gasteiger charge is -2.11. The van der Waals surface area contributed by atoms with Gasteiger partial charge in [-0.05, 0) is 37.6 Å². The highest BCUT2D eigenvalue weighted by Crippen LogP contribution is 2.57. The number of carbonyl (C=O) groups is 1. The highest BCUT2D eigenvalue weighted by atomic mass is 16.2. The second kappa shape index (κ2) is 3.23. The first-order chi connectivity index (χ1) is 6.86. The van der Waals surface area contributed by atoms with Crippen LogP contribution in [-0.2, 0) is 4.79 Å². The smallest absolute Gasteiger partial charge is 0.223 e. The average Bonchev–Trinajstić information content (AvgIpc) is 2.63. The number of fused-ring (bicyclic) bond motifs is 1. The zero-order valence-electron chi connectivity index (χ0n) is 8.46. The van der Waals surface area contributed by atoms with Crippen molar-refractivity contribution in [3.8, 4) is 0 Å². The van der Waals surface area contributed by atoms with Gasteiger partial charge in [0.1, 0.15) is 0 Å². The van der Waals surface area contributed by atoms with E-state index >= 15 is 0 Å². The molecule has 1 amide bonds. The minimum Gasteiger partial charge on any atom is -0.352 e. The van der Waals surface area contributed by atoms with E-state index in [1.165, 1.54) is 19.3 Å². The molecule has 2 saturated carbocycles. The van der Waals surface area contributed by atoms with Crippen LogP contribution in [0.3, 0.4) is 0 Å². The van der Waals surface area contributed by atoms with Gasteiger partial charge in [0.2, 0.25) is 5.91 Å². The second-order valence-corrected chi connectivity index (χ2v) is 4.98. The first kappa shape index (κ1) is 8.72. The lowest BCUT2D eigenvalue weighted by molar-refractivity contribution is -0.123. The van der Waals surface area contributed by atoms with Gasteiger partial charge in [0.25, 0.3) is 0 Å². The van der Waals surface area contributed by atoms with Crippen LogP contribution in [-0.4, -0.2) is 25.0 Å². The van der Waals surface area contributed by atoms with Crippen molar-refractivity contribution in [3.05, 3.63) is 0 Å². The highest BCUT2D eigenvalue weighted by Gasteiger charge is 2.56. The Morgan fingerprint density at radius 1 is 1.21 bits per heavy atom. The van der Waals surface area contributed by atoms with Crippen LogP contribution >= 0.6 is 0 Å². The van der Waals surface area contributed by atoms with Crippen molar-refractivity contribution in [2.45, 2.75) is 31.7 Å². The fourth-order valence-electron chi connectivity index (χ4n) is 3.29. The van der Waals surface area contributed by atoms with E-state index in [0.717, 1.165) is 31.3 Å². The summed E-state index contributed by atoms with van der Waals surface area (Å²) in [4.78, 5) is 11.8. The number of carbonyl (C=O) groups excluding carboxylic acids is 1. The summed E-state index contributed by atoms with van der Waals surface area (Å²) >= 11 is 0. The second-order valence-electron chi connectivity index (χ2n) is 4.98. The molecule has 0 aromatic heterocycles. The minimum absolute atomic E-state index is 0.341. The zero-order chi connectivity index (χ0) is 9.54. The Kier molecular flexibility index (Phi) is 2.01. The summed E-state index contributed by atoms with van der Waals surface area (Å²) in [6.07, 6.45) is 5.05. The fourth-order valence-corrected chi connectivity index (χ4v) is 3.29. The molecule has 0 aromatic carbocycles. The molecule has 3 aliphatic rings. The van der Waals surface area contributed by atoms with E-state index in [9.17, 15) is 4.79 Å². The molecule has 1 aliphatic heterocycles. The molecule has 3 nitrogen and oxygen atoms in total. The Labute approximate surface area is 84.6 Å². The molecule has 2 aliphatic carbocycles. The maximum Gasteiger partial charge on any atom is 0.223 e. The average molecular weight is 194 g/mol. The van der Waals surface area contributed by atoms with E-state index in [2.05, 4.69) is 10.6 Å². The first-order valence-electron chi connectivity index (χ1n) is 5.87. The molecular weight excluding hydrogens is 176 g/mol. The molecule has 3 atom stereocenters. The van der Waals surface area contributed by atoms with Crippen molar-refractivity contribution in [2.75, 3.05) is 13.1 Å². The summed E-state index contributed by atoms with van der Waals surface area (Å²) in [7, 11) is 0. The highest BCUT2D eigenvalue weighted by molar-refractivity contribution is 5.82. The third-order valence-electron chi connectivity index (χ3n) is 4.12. The van der Waals surface area contributed by atoms with Gasteiger partial charge in [-0.15, -0.1) is 0 Å². The van der Waals surface area contributed by atoms with Crippen LogP contribution in [0.2, 0.25) is 0 Å². The Hall–Kier alpha value is -0.570. The van der Waals surface area contributed by atoms with Crippen LogP contribution in [0.1, 0.15) is 25.7 Å². The van der Waals surface area contributed by atoms with Crippen LogP contribution in [0.4, 0.5) is 0 Å². The summed E-state index contributed by atoms with van der Waals surface area (Å²) in [5.41, 5.74) is 0. The van der Waals surface area contributed by atoms with E-state index in [4.69, 9.17) is 0 Å². The Bertz CT molecular complexity index is 238. The lowest BCUT2D eigenvalue weighted by Crippen LogP contribution is -2.37. The van der Waals surface area contributed by atoms with Gasteiger partial charge in [-0.2, -0.15) is 0 Å². The van der Waals surface area contributed by atoms with E-state index < -0.39 is 0 Å². The standard InChI is InChI=1S/C11H18N2O/c14-11(13-7-4-5-12-6-7)10-8-2-1-3-9(8)10/h7-10,12H,1-6H2,(H,13,14)/t7-,8?,9?,10?/m0/s1. The predicted molar refractivity (Wildman–Crippen MR) is 53.7 cm³/mol. The summed E-state index contributed by atoms with van der Waals surface area (Å²) < 4.78 is 0. The monoisotopic (exact) mass is 194 g/mol. The topological polar surface area (TPSA) is 41.1 Å². The molecule has 1 heterocycles. The normalized spacial score (nSPS) is 44.9. The number of hydrogen-bond donors (Lipinski definition) is 2. The maximum absolute atomic E-state index is 11.8. The summed E-state index contributed by atoms with van der Waals surface area (Å²) in [6.45, 7) is 2.02. The van der Waals surface area contributed by atoms with Crippen molar-refractivity contribution < 1.29 is 4.79 Å². The third kappa shape index (κ3) is 1.34. The Morgan fingerprint density at radius 2 is 2.00 bits per heavy atom.